The molecule has 0 spiro atoms. The third-order valence-electron chi connectivity index (χ3n) is 3.26. The topological polar surface area (TPSA) is 63.2 Å². The lowest BCUT2D eigenvalue weighted by Crippen LogP contribution is -2.40. The number of halogens is 1. The highest BCUT2D eigenvalue weighted by Crippen LogP contribution is 2.19. The zero-order valence-electron chi connectivity index (χ0n) is 10.6. The van der Waals surface area contributed by atoms with Crippen LogP contribution in [0.5, 0.6) is 0 Å². The second kappa shape index (κ2) is 5.63. The van der Waals surface area contributed by atoms with Crippen LogP contribution >= 0.6 is 15.9 Å². The molecule has 0 unspecified atom stereocenters. The van der Waals surface area contributed by atoms with Crippen LogP contribution in [0.25, 0.3) is 0 Å². The molecule has 1 amide bonds. The number of aryl methyl sites for hydroxylation is 1. The van der Waals surface area contributed by atoms with Gasteiger partial charge in [-0.15, -0.1) is 0 Å². The molecule has 1 fully saturated rings. The van der Waals surface area contributed by atoms with E-state index in [4.69, 9.17) is 0 Å². The molecule has 1 aliphatic heterocycles. The van der Waals surface area contributed by atoms with Gasteiger partial charge in [-0.3, -0.25) is 4.79 Å². The van der Waals surface area contributed by atoms with Gasteiger partial charge in [0, 0.05) is 10.5 Å². The lowest BCUT2D eigenvalue weighted by Gasteiger charge is -2.23. The van der Waals surface area contributed by atoms with Crippen molar-refractivity contribution in [2.75, 3.05) is 11.5 Å². The quantitative estimate of drug-likeness (QED) is 0.892. The number of nitrogens with one attached hydrogen (secondary N) is 1. The second-order valence-electron chi connectivity index (χ2n) is 4.88. The molecule has 1 saturated heterocycles. The van der Waals surface area contributed by atoms with Gasteiger partial charge in [0.1, 0.15) is 9.84 Å². The number of carbonyl (C=O) groups excluding carboxylic acids is 1. The summed E-state index contributed by atoms with van der Waals surface area (Å²) >= 11 is 3.36. The van der Waals surface area contributed by atoms with E-state index in [0.717, 1.165) is 10.0 Å². The van der Waals surface area contributed by atoms with E-state index in [2.05, 4.69) is 21.2 Å². The van der Waals surface area contributed by atoms with Crippen molar-refractivity contribution in [3.63, 3.8) is 0 Å². The largest absolute Gasteiger partial charge is 0.349 e. The fourth-order valence-corrected chi connectivity index (χ4v) is 4.03. The molecule has 0 atom stereocenters. The van der Waals surface area contributed by atoms with E-state index < -0.39 is 9.84 Å². The van der Waals surface area contributed by atoms with E-state index in [1.54, 1.807) is 0 Å². The molecule has 1 aromatic carbocycles. The van der Waals surface area contributed by atoms with Gasteiger partial charge in [-0.2, -0.15) is 0 Å². The Morgan fingerprint density at radius 1 is 1.32 bits per heavy atom. The van der Waals surface area contributed by atoms with Crippen LogP contribution in [0.4, 0.5) is 0 Å². The fraction of sp³-hybridized carbons (Fsp3) is 0.462. The molecular formula is C13H16BrNO3S. The molecule has 1 N–H and O–H groups in total. The summed E-state index contributed by atoms with van der Waals surface area (Å²) in [7, 11) is -2.89. The maximum absolute atomic E-state index is 12.2. The van der Waals surface area contributed by atoms with Crippen LogP contribution in [0.3, 0.4) is 0 Å². The van der Waals surface area contributed by atoms with Crippen molar-refractivity contribution in [1.29, 1.82) is 0 Å². The normalized spacial score (nSPS) is 19.1. The number of benzene rings is 1. The maximum Gasteiger partial charge on any atom is 0.252 e. The van der Waals surface area contributed by atoms with Crippen molar-refractivity contribution in [2.45, 2.75) is 25.8 Å². The monoisotopic (exact) mass is 345 g/mol. The fourth-order valence-electron chi connectivity index (χ4n) is 2.11. The van der Waals surface area contributed by atoms with Crippen LogP contribution in [0.1, 0.15) is 28.8 Å². The number of carbonyl (C=O) groups is 1. The predicted molar refractivity (Wildman–Crippen MR) is 78.0 cm³/mol. The van der Waals surface area contributed by atoms with Crippen molar-refractivity contribution in [1.82, 2.24) is 5.32 Å². The molecule has 1 heterocycles. The van der Waals surface area contributed by atoms with Crippen molar-refractivity contribution < 1.29 is 13.2 Å². The van der Waals surface area contributed by atoms with E-state index in [9.17, 15) is 13.2 Å². The number of amides is 1. The summed E-state index contributed by atoms with van der Waals surface area (Å²) in [5.74, 6) is 0.166. The summed E-state index contributed by atoms with van der Waals surface area (Å²) in [6.45, 7) is 1.93. The Balaban J connectivity index is 2.04. The van der Waals surface area contributed by atoms with Gasteiger partial charge in [-0.1, -0.05) is 11.6 Å². The molecule has 6 heteroatoms. The number of hydrogen-bond acceptors (Lipinski definition) is 3. The molecule has 0 aliphatic carbocycles. The molecule has 104 valence electrons. The molecule has 0 bridgehead atoms. The highest BCUT2D eigenvalue weighted by molar-refractivity contribution is 9.10. The number of hydrogen-bond donors (Lipinski definition) is 1. The minimum Gasteiger partial charge on any atom is -0.349 e. The molecule has 4 nitrogen and oxygen atoms in total. The van der Waals surface area contributed by atoms with Crippen molar-refractivity contribution >= 4 is 31.7 Å². The first-order valence-electron chi connectivity index (χ1n) is 6.15. The standard InChI is InChI=1S/C13H16BrNO3S/c1-9-2-3-12(14)11(8-9)13(16)15-10-4-6-19(17,18)7-5-10/h2-3,8,10H,4-7H2,1H3,(H,15,16). The first-order valence-corrected chi connectivity index (χ1v) is 8.76. The molecule has 1 aliphatic rings. The molecule has 2 rings (SSSR count). The average molecular weight is 346 g/mol. The van der Waals surface area contributed by atoms with Gasteiger partial charge in [0.25, 0.3) is 5.91 Å². The third-order valence-corrected chi connectivity index (χ3v) is 5.66. The van der Waals surface area contributed by atoms with Gasteiger partial charge in [-0.25, -0.2) is 8.42 Å². The van der Waals surface area contributed by atoms with Crippen LogP contribution < -0.4 is 5.32 Å². The van der Waals surface area contributed by atoms with E-state index in [-0.39, 0.29) is 23.5 Å². The zero-order chi connectivity index (χ0) is 14.0. The highest BCUT2D eigenvalue weighted by atomic mass is 79.9. The Morgan fingerprint density at radius 2 is 1.95 bits per heavy atom. The van der Waals surface area contributed by atoms with Crippen molar-refractivity contribution in [3.8, 4) is 0 Å². The molecule has 0 radical (unpaired) electrons. The Labute approximate surface area is 121 Å². The van der Waals surface area contributed by atoms with E-state index in [1.807, 2.05) is 25.1 Å². The number of rotatable bonds is 2. The Bertz CT molecular complexity index is 584. The first-order chi connectivity index (χ1) is 8.87. The molecule has 1 aromatic rings. The lowest BCUT2D eigenvalue weighted by atomic mass is 10.1. The van der Waals surface area contributed by atoms with E-state index in [0.29, 0.717) is 18.4 Å². The van der Waals surface area contributed by atoms with Crippen LogP contribution in [-0.2, 0) is 9.84 Å². The minimum absolute atomic E-state index is 0.0524. The highest BCUT2D eigenvalue weighted by Gasteiger charge is 2.25. The Hall–Kier alpha value is -0.880. The molecule has 0 saturated carbocycles. The van der Waals surface area contributed by atoms with Gasteiger partial charge in [0.05, 0.1) is 17.1 Å². The van der Waals surface area contributed by atoms with Gasteiger partial charge in [-0.05, 0) is 47.8 Å². The summed E-state index contributed by atoms with van der Waals surface area (Å²) < 4.78 is 23.4. The van der Waals surface area contributed by atoms with E-state index >= 15 is 0 Å². The number of sulfone groups is 1. The smallest absolute Gasteiger partial charge is 0.252 e. The Morgan fingerprint density at radius 3 is 2.58 bits per heavy atom. The zero-order valence-corrected chi connectivity index (χ0v) is 13.1. The predicted octanol–water partition coefficient (Wildman–Crippen LogP) is 2.06. The van der Waals surface area contributed by atoms with Crippen molar-refractivity contribution in [2.24, 2.45) is 0 Å². The SMILES string of the molecule is Cc1ccc(Br)c(C(=O)NC2CCS(=O)(=O)CC2)c1. The summed E-state index contributed by atoms with van der Waals surface area (Å²) in [6.07, 6.45) is 0.995. The maximum atomic E-state index is 12.2. The summed E-state index contributed by atoms with van der Waals surface area (Å²) in [4.78, 5) is 12.2. The third kappa shape index (κ3) is 3.79. The van der Waals surface area contributed by atoms with Crippen molar-refractivity contribution in [3.05, 3.63) is 33.8 Å². The summed E-state index contributed by atoms with van der Waals surface area (Å²) in [5, 5.41) is 2.91. The van der Waals surface area contributed by atoms with Gasteiger partial charge >= 0.3 is 0 Å². The first kappa shape index (κ1) is 14.5. The van der Waals surface area contributed by atoms with Gasteiger partial charge in [0.2, 0.25) is 0 Å². The van der Waals surface area contributed by atoms with Crippen LogP contribution in [0.2, 0.25) is 0 Å². The second-order valence-corrected chi connectivity index (χ2v) is 8.04. The molecule has 19 heavy (non-hydrogen) atoms. The summed E-state index contributed by atoms with van der Waals surface area (Å²) in [5.41, 5.74) is 1.60. The van der Waals surface area contributed by atoms with Gasteiger partial charge in [0.15, 0.2) is 0 Å². The van der Waals surface area contributed by atoms with Crippen LogP contribution in [-0.4, -0.2) is 31.9 Å². The molecule has 0 aromatic heterocycles. The van der Waals surface area contributed by atoms with Crippen LogP contribution in [0.15, 0.2) is 22.7 Å². The minimum atomic E-state index is -2.89. The lowest BCUT2D eigenvalue weighted by molar-refractivity contribution is 0.0933. The van der Waals surface area contributed by atoms with Crippen LogP contribution in [0, 0.1) is 6.92 Å². The summed E-state index contributed by atoms with van der Waals surface area (Å²) in [6, 6.07) is 5.53. The average Bonchev–Trinajstić information content (AvgIpc) is 2.35. The molecular weight excluding hydrogens is 330 g/mol. The van der Waals surface area contributed by atoms with Gasteiger partial charge < -0.3 is 5.32 Å². The Kier molecular flexibility index (Phi) is 4.30. The van der Waals surface area contributed by atoms with E-state index in [1.165, 1.54) is 0 Å².